The van der Waals surface area contributed by atoms with Gasteiger partial charge < -0.3 is 9.15 Å². The van der Waals surface area contributed by atoms with Gasteiger partial charge in [-0.1, -0.05) is 29.8 Å². The smallest absolute Gasteiger partial charge is 0.340 e. The number of esters is 1. The quantitative estimate of drug-likeness (QED) is 0.534. The molecule has 2 heterocycles. The van der Waals surface area contributed by atoms with Gasteiger partial charge in [0.25, 0.3) is 0 Å². The lowest BCUT2D eigenvalue weighted by molar-refractivity contribution is 0.0466. The molecule has 0 saturated heterocycles. The van der Waals surface area contributed by atoms with E-state index in [1.807, 2.05) is 30.3 Å². The van der Waals surface area contributed by atoms with Gasteiger partial charge in [0, 0.05) is 11.8 Å². The first kappa shape index (κ1) is 15.2. The summed E-state index contributed by atoms with van der Waals surface area (Å²) in [4.78, 5) is 20.2. The number of pyridine rings is 1. The van der Waals surface area contributed by atoms with Gasteiger partial charge in [-0.05, 0) is 31.2 Å². The number of hydrogen-bond acceptors (Lipinski definition) is 5. The van der Waals surface area contributed by atoms with E-state index in [-0.39, 0.29) is 6.61 Å². The van der Waals surface area contributed by atoms with Crippen LogP contribution >= 0.6 is 11.6 Å². The predicted octanol–water partition coefficient (Wildman–Crippen LogP) is 4.06. The van der Waals surface area contributed by atoms with Crippen molar-refractivity contribution in [2.24, 2.45) is 0 Å². The molecular weight excluding hydrogens is 316 g/mol. The molecule has 3 aromatic rings. The summed E-state index contributed by atoms with van der Waals surface area (Å²) in [7, 11) is 0. The van der Waals surface area contributed by atoms with Crippen LogP contribution in [0.3, 0.4) is 0 Å². The molecule has 3 rings (SSSR count). The van der Waals surface area contributed by atoms with Crippen molar-refractivity contribution in [3.63, 3.8) is 0 Å². The first-order chi connectivity index (χ1) is 11.1. The molecule has 0 N–H and O–H groups in total. The summed E-state index contributed by atoms with van der Waals surface area (Å²) in [5, 5.41) is 0.321. The first-order valence-corrected chi connectivity index (χ1v) is 7.31. The lowest BCUT2D eigenvalue weighted by Gasteiger charge is -2.02. The van der Waals surface area contributed by atoms with Crippen molar-refractivity contribution in [2.45, 2.75) is 13.5 Å². The first-order valence-electron chi connectivity index (χ1n) is 6.94. The summed E-state index contributed by atoms with van der Waals surface area (Å²) >= 11 is 5.69. The zero-order chi connectivity index (χ0) is 16.2. The standard InChI is InChI=1S/C17H13ClN2O3/c1-11-14(20-16(23-11)12-5-3-2-4-6-12)10-22-17(21)13-7-8-15(18)19-9-13/h2-9H,10H2,1H3. The maximum absolute atomic E-state index is 12.0. The van der Waals surface area contributed by atoms with E-state index in [0.29, 0.717) is 28.1 Å². The van der Waals surface area contributed by atoms with E-state index in [4.69, 9.17) is 20.8 Å². The van der Waals surface area contributed by atoms with Crippen LogP contribution in [-0.2, 0) is 11.3 Å². The molecule has 2 aromatic heterocycles. The van der Waals surface area contributed by atoms with Crippen LogP contribution in [0.2, 0.25) is 5.15 Å². The van der Waals surface area contributed by atoms with Crippen LogP contribution in [0.4, 0.5) is 0 Å². The summed E-state index contributed by atoms with van der Waals surface area (Å²) in [6, 6.07) is 12.6. The Bertz CT molecular complexity index is 814. The minimum Gasteiger partial charge on any atom is -0.455 e. The highest BCUT2D eigenvalue weighted by atomic mass is 35.5. The maximum atomic E-state index is 12.0. The van der Waals surface area contributed by atoms with Crippen LogP contribution in [0, 0.1) is 6.92 Å². The van der Waals surface area contributed by atoms with Gasteiger partial charge in [-0.15, -0.1) is 0 Å². The highest BCUT2D eigenvalue weighted by Crippen LogP contribution is 2.22. The van der Waals surface area contributed by atoms with Gasteiger partial charge in [0.1, 0.15) is 23.2 Å². The van der Waals surface area contributed by atoms with Crippen molar-refractivity contribution in [3.05, 3.63) is 70.8 Å². The molecule has 0 saturated carbocycles. The number of carbonyl (C=O) groups is 1. The SMILES string of the molecule is Cc1oc(-c2ccccc2)nc1COC(=O)c1ccc(Cl)nc1. The van der Waals surface area contributed by atoms with Crippen molar-refractivity contribution >= 4 is 17.6 Å². The van der Waals surface area contributed by atoms with Crippen molar-refractivity contribution < 1.29 is 13.9 Å². The topological polar surface area (TPSA) is 65.2 Å². The molecule has 0 amide bonds. The Morgan fingerprint density at radius 1 is 1.22 bits per heavy atom. The summed E-state index contributed by atoms with van der Waals surface area (Å²) in [6.07, 6.45) is 1.37. The summed E-state index contributed by atoms with van der Waals surface area (Å²) < 4.78 is 10.9. The fourth-order valence-electron chi connectivity index (χ4n) is 1.98. The molecule has 0 aliphatic carbocycles. The predicted molar refractivity (Wildman–Crippen MR) is 85.0 cm³/mol. The Balaban J connectivity index is 1.70. The minimum absolute atomic E-state index is 0.0314. The molecule has 0 aliphatic rings. The van der Waals surface area contributed by atoms with E-state index in [1.54, 1.807) is 13.0 Å². The molecule has 0 unspecified atom stereocenters. The van der Waals surface area contributed by atoms with E-state index in [1.165, 1.54) is 12.3 Å². The fraction of sp³-hybridized carbons (Fsp3) is 0.118. The minimum atomic E-state index is -0.488. The van der Waals surface area contributed by atoms with Crippen molar-refractivity contribution in [2.75, 3.05) is 0 Å². The number of aromatic nitrogens is 2. The Morgan fingerprint density at radius 3 is 2.70 bits per heavy atom. The third kappa shape index (κ3) is 3.57. The highest BCUT2D eigenvalue weighted by molar-refractivity contribution is 6.29. The molecule has 0 radical (unpaired) electrons. The molecule has 0 bridgehead atoms. The lowest BCUT2D eigenvalue weighted by Crippen LogP contribution is -2.06. The number of rotatable bonds is 4. The maximum Gasteiger partial charge on any atom is 0.340 e. The summed E-state index contributed by atoms with van der Waals surface area (Å²) in [5.41, 5.74) is 1.79. The van der Waals surface area contributed by atoms with Crippen LogP contribution in [0.15, 0.2) is 53.1 Å². The lowest BCUT2D eigenvalue weighted by atomic mass is 10.2. The average molecular weight is 329 g/mol. The van der Waals surface area contributed by atoms with Crippen LogP contribution in [-0.4, -0.2) is 15.9 Å². The number of hydrogen-bond donors (Lipinski definition) is 0. The van der Waals surface area contributed by atoms with Gasteiger partial charge in [0.2, 0.25) is 5.89 Å². The molecule has 0 fully saturated rings. The number of ether oxygens (including phenoxy) is 1. The van der Waals surface area contributed by atoms with E-state index < -0.39 is 5.97 Å². The van der Waals surface area contributed by atoms with Crippen LogP contribution < -0.4 is 0 Å². The third-order valence-corrected chi connectivity index (χ3v) is 3.44. The van der Waals surface area contributed by atoms with E-state index >= 15 is 0 Å². The molecule has 6 heteroatoms. The molecule has 0 atom stereocenters. The summed E-state index contributed by atoms with van der Waals surface area (Å²) in [5.74, 6) is 0.631. The van der Waals surface area contributed by atoms with Gasteiger partial charge in [0.15, 0.2) is 0 Å². The zero-order valence-corrected chi connectivity index (χ0v) is 13.1. The zero-order valence-electron chi connectivity index (χ0n) is 12.3. The van der Waals surface area contributed by atoms with Gasteiger partial charge in [-0.3, -0.25) is 0 Å². The van der Waals surface area contributed by atoms with Crippen LogP contribution in [0.25, 0.3) is 11.5 Å². The molecule has 23 heavy (non-hydrogen) atoms. The number of halogens is 1. The highest BCUT2D eigenvalue weighted by Gasteiger charge is 2.14. The van der Waals surface area contributed by atoms with Crippen molar-refractivity contribution in [1.82, 2.24) is 9.97 Å². The Labute approximate surface area is 137 Å². The third-order valence-electron chi connectivity index (χ3n) is 3.22. The molecule has 5 nitrogen and oxygen atoms in total. The molecule has 0 spiro atoms. The molecule has 116 valence electrons. The number of nitrogens with zero attached hydrogens (tertiary/aromatic N) is 2. The molecule has 1 aromatic carbocycles. The monoisotopic (exact) mass is 328 g/mol. The Kier molecular flexibility index (Phi) is 4.39. The van der Waals surface area contributed by atoms with Crippen molar-refractivity contribution in [1.29, 1.82) is 0 Å². The number of aryl methyl sites for hydroxylation is 1. The van der Waals surface area contributed by atoms with Crippen LogP contribution in [0.5, 0.6) is 0 Å². The van der Waals surface area contributed by atoms with Crippen LogP contribution in [0.1, 0.15) is 21.8 Å². The fourth-order valence-corrected chi connectivity index (χ4v) is 2.09. The van der Waals surface area contributed by atoms with Gasteiger partial charge in [-0.25, -0.2) is 14.8 Å². The molecule has 0 aliphatic heterocycles. The normalized spacial score (nSPS) is 10.5. The number of carbonyl (C=O) groups excluding carboxylic acids is 1. The number of oxazole rings is 1. The van der Waals surface area contributed by atoms with Gasteiger partial charge in [0.05, 0.1) is 5.56 Å². The van der Waals surface area contributed by atoms with Gasteiger partial charge >= 0.3 is 5.97 Å². The Morgan fingerprint density at radius 2 is 2.00 bits per heavy atom. The summed E-state index contributed by atoms with van der Waals surface area (Å²) in [6.45, 7) is 1.82. The second-order valence-corrected chi connectivity index (χ2v) is 5.22. The van der Waals surface area contributed by atoms with E-state index in [2.05, 4.69) is 9.97 Å². The van der Waals surface area contributed by atoms with Gasteiger partial charge in [-0.2, -0.15) is 0 Å². The number of benzene rings is 1. The van der Waals surface area contributed by atoms with E-state index in [9.17, 15) is 4.79 Å². The average Bonchev–Trinajstić information content (AvgIpc) is 2.95. The largest absolute Gasteiger partial charge is 0.455 e. The second kappa shape index (κ2) is 6.62. The second-order valence-electron chi connectivity index (χ2n) is 4.83. The van der Waals surface area contributed by atoms with Crippen molar-refractivity contribution in [3.8, 4) is 11.5 Å². The molecular formula is C17H13ClN2O3. The Hall–Kier alpha value is -2.66. The van der Waals surface area contributed by atoms with E-state index in [0.717, 1.165) is 5.56 Å².